The fraction of sp³-hybridized carbons (Fsp3) is 0.250. The number of alkyl halides is 3. The van der Waals surface area contributed by atoms with Crippen LogP contribution >= 0.6 is 11.6 Å². The van der Waals surface area contributed by atoms with Gasteiger partial charge in [-0.2, -0.15) is 13.2 Å². The number of esters is 2. The number of aromatic nitrogens is 1. The Hall–Kier alpha value is -3.27. The maximum atomic E-state index is 12.8. The highest BCUT2D eigenvalue weighted by Gasteiger charge is 2.39. The third-order valence-electron chi connectivity index (χ3n) is 3.98. The largest absolute Gasteiger partial charge is 0.493 e. The van der Waals surface area contributed by atoms with E-state index in [9.17, 15) is 22.8 Å². The van der Waals surface area contributed by atoms with Crippen molar-refractivity contribution in [3.8, 4) is 17.4 Å². The molecule has 1 saturated heterocycles. The quantitative estimate of drug-likeness (QED) is 0.371. The lowest BCUT2D eigenvalue weighted by Gasteiger charge is -2.29. The molecule has 0 amide bonds. The van der Waals surface area contributed by atoms with Crippen LogP contribution in [0.25, 0.3) is 6.08 Å². The van der Waals surface area contributed by atoms with Crippen molar-refractivity contribution in [1.82, 2.24) is 4.98 Å². The van der Waals surface area contributed by atoms with Gasteiger partial charge in [-0.15, -0.1) is 0 Å². The first-order valence-corrected chi connectivity index (χ1v) is 9.05. The lowest BCUT2D eigenvalue weighted by Crippen LogP contribution is -2.41. The summed E-state index contributed by atoms with van der Waals surface area (Å²) < 4.78 is 59.4. The number of nitrogens with zero attached hydrogens (tertiary/aromatic N) is 1. The highest BCUT2D eigenvalue weighted by atomic mass is 35.5. The van der Waals surface area contributed by atoms with E-state index in [0.29, 0.717) is 12.3 Å². The molecule has 1 aliphatic heterocycles. The number of rotatable bonds is 4. The Labute approximate surface area is 179 Å². The molecule has 1 aromatic heterocycles. The number of hydrogen-bond acceptors (Lipinski definition) is 7. The Kier molecular flexibility index (Phi) is 5.86. The van der Waals surface area contributed by atoms with Crippen LogP contribution in [0.5, 0.6) is 17.4 Å². The summed E-state index contributed by atoms with van der Waals surface area (Å²) in [6.07, 6.45) is -2.92. The molecule has 0 saturated carbocycles. The van der Waals surface area contributed by atoms with Gasteiger partial charge < -0.3 is 18.9 Å². The predicted octanol–water partition coefficient (Wildman–Crippen LogP) is 4.77. The van der Waals surface area contributed by atoms with Gasteiger partial charge in [-0.3, -0.25) is 0 Å². The van der Waals surface area contributed by atoms with Gasteiger partial charge in [0.25, 0.3) is 5.79 Å². The van der Waals surface area contributed by atoms with E-state index in [2.05, 4.69) is 4.98 Å². The van der Waals surface area contributed by atoms with Crippen molar-refractivity contribution in [2.24, 2.45) is 0 Å². The Morgan fingerprint density at radius 1 is 1.16 bits per heavy atom. The molecule has 0 unspecified atom stereocenters. The van der Waals surface area contributed by atoms with E-state index in [1.165, 1.54) is 33.1 Å². The molecule has 0 aliphatic carbocycles. The fourth-order valence-electron chi connectivity index (χ4n) is 2.60. The Morgan fingerprint density at radius 2 is 1.81 bits per heavy atom. The molecule has 2 heterocycles. The standard InChI is InChI=1S/C20H15ClF3NO6/c1-19(2)30-17(26)12(18(27)31-19)7-10-5-4-6-14(28-3)15(10)29-16-13(21)8-11(9-25-16)20(22,23)24/h4-9H,1-3H3. The normalized spacial score (nSPS) is 15.8. The van der Waals surface area contributed by atoms with Gasteiger partial charge in [-0.05, 0) is 18.2 Å². The zero-order valence-electron chi connectivity index (χ0n) is 16.4. The van der Waals surface area contributed by atoms with Crippen molar-refractivity contribution in [3.05, 3.63) is 52.2 Å². The minimum Gasteiger partial charge on any atom is -0.493 e. The summed E-state index contributed by atoms with van der Waals surface area (Å²) in [5.41, 5.74) is -1.30. The number of hydrogen-bond donors (Lipinski definition) is 0. The van der Waals surface area contributed by atoms with Gasteiger partial charge in [-0.1, -0.05) is 23.7 Å². The monoisotopic (exact) mass is 457 g/mol. The predicted molar refractivity (Wildman–Crippen MR) is 102 cm³/mol. The van der Waals surface area contributed by atoms with E-state index in [1.54, 1.807) is 6.07 Å². The lowest BCUT2D eigenvalue weighted by molar-refractivity contribution is -0.222. The maximum absolute atomic E-state index is 12.8. The second kappa shape index (κ2) is 8.10. The van der Waals surface area contributed by atoms with Crippen LogP contribution in [-0.4, -0.2) is 29.8 Å². The number of halogens is 4. The molecule has 164 valence electrons. The van der Waals surface area contributed by atoms with Crippen molar-refractivity contribution in [1.29, 1.82) is 0 Å². The molecule has 0 bridgehead atoms. The Balaban J connectivity index is 2.03. The molecule has 1 fully saturated rings. The van der Waals surface area contributed by atoms with Crippen LogP contribution in [-0.2, 0) is 25.2 Å². The maximum Gasteiger partial charge on any atom is 0.417 e. The summed E-state index contributed by atoms with van der Waals surface area (Å²) in [5.74, 6) is -3.49. The van der Waals surface area contributed by atoms with Gasteiger partial charge in [-0.25, -0.2) is 14.6 Å². The number of pyridine rings is 1. The summed E-state index contributed by atoms with van der Waals surface area (Å²) in [6, 6.07) is 5.18. The van der Waals surface area contributed by atoms with Gasteiger partial charge in [0.05, 0.1) is 12.7 Å². The van der Waals surface area contributed by atoms with Crippen LogP contribution in [0, 0.1) is 0 Å². The van der Waals surface area contributed by atoms with Crippen LogP contribution < -0.4 is 9.47 Å². The van der Waals surface area contributed by atoms with Gasteiger partial charge in [0.1, 0.15) is 10.6 Å². The van der Waals surface area contributed by atoms with Crippen molar-refractivity contribution in [2.75, 3.05) is 7.11 Å². The van der Waals surface area contributed by atoms with Crippen LogP contribution in [0.1, 0.15) is 25.0 Å². The molecule has 1 aromatic carbocycles. The first kappa shape index (κ1) is 22.4. The summed E-state index contributed by atoms with van der Waals surface area (Å²) in [5, 5.41) is -0.405. The van der Waals surface area contributed by atoms with Gasteiger partial charge >= 0.3 is 18.1 Å². The molecule has 0 atom stereocenters. The molecule has 2 aromatic rings. The van der Waals surface area contributed by atoms with Crippen molar-refractivity contribution < 1.29 is 41.7 Å². The average molecular weight is 458 g/mol. The molecule has 11 heteroatoms. The van der Waals surface area contributed by atoms with Crippen molar-refractivity contribution >= 4 is 29.6 Å². The van der Waals surface area contributed by atoms with E-state index < -0.39 is 40.1 Å². The lowest BCUT2D eigenvalue weighted by atomic mass is 10.1. The number of ether oxygens (including phenoxy) is 4. The van der Waals surface area contributed by atoms with Crippen molar-refractivity contribution in [2.45, 2.75) is 25.8 Å². The Morgan fingerprint density at radius 3 is 2.35 bits per heavy atom. The van der Waals surface area contributed by atoms with E-state index in [1.807, 2.05) is 0 Å². The first-order chi connectivity index (χ1) is 14.4. The van der Waals surface area contributed by atoms with Crippen molar-refractivity contribution in [3.63, 3.8) is 0 Å². The molecular formula is C20H15ClF3NO6. The molecule has 1 aliphatic rings. The number of benzene rings is 1. The van der Waals surface area contributed by atoms with Crippen LogP contribution in [0.3, 0.4) is 0 Å². The minimum absolute atomic E-state index is 0.0444. The molecule has 7 nitrogen and oxygen atoms in total. The topological polar surface area (TPSA) is 84.0 Å². The zero-order valence-corrected chi connectivity index (χ0v) is 17.1. The molecule has 0 spiro atoms. The number of carbonyl (C=O) groups excluding carboxylic acids is 2. The Bertz CT molecular complexity index is 1060. The number of cyclic esters (lactones) is 2. The van der Waals surface area contributed by atoms with E-state index in [0.717, 1.165) is 6.08 Å². The second-order valence-corrected chi connectivity index (χ2v) is 7.13. The number of para-hydroxylation sites is 1. The average Bonchev–Trinajstić information content (AvgIpc) is 2.65. The molecule has 3 rings (SSSR count). The highest BCUT2D eigenvalue weighted by Crippen LogP contribution is 2.40. The summed E-state index contributed by atoms with van der Waals surface area (Å²) in [4.78, 5) is 28.1. The van der Waals surface area contributed by atoms with E-state index >= 15 is 0 Å². The first-order valence-electron chi connectivity index (χ1n) is 8.67. The second-order valence-electron chi connectivity index (χ2n) is 6.73. The van der Waals surface area contributed by atoms with Gasteiger partial charge in [0.15, 0.2) is 11.5 Å². The molecule has 31 heavy (non-hydrogen) atoms. The van der Waals surface area contributed by atoms with E-state index in [-0.39, 0.29) is 22.9 Å². The highest BCUT2D eigenvalue weighted by molar-refractivity contribution is 6.31. The van der Waals surface area contributed by atoms with E-state index in [4.69, 9.17) is 30.5 Å². The number of carbonyl (C=O) groups is 2. The fourth-order valence-corrected chi connectivity index (χ4v) is 2.81. The molecule has 0 radical (unpaired) electrons. The SMILES string of the molecule is COc1cccc(C=C2C(=O)OC(C)(C)OC2=O)c1Oc1ncc(C(F)(F)F)cc1Cl. The van der Waals surface area contributed by atoms with Crippen LogP contribution in [0.2, 0.25) is 5.02 Å². The molecule has 0 N–H and O–H groups in total. The smallest absolute Gasteiger partial charge is 0.417 e. The van der Waals surface area contributed by atoms with Gasteiger partial charge in [0.2, 0.25) is 5.88 Å². The van der Waals surface area contributed by atoms with Gasteiger partial charge in [0, 0.05) is 25.6 Å². The summed E-state index contributed by atoms with van der Waals surface area (Å²) >= 11 is 5.91. The molecular weight excluding hydrogens is 443 g/mol. The van der Waals surface area contributed by atoms with Crippen LogP contribution in [0.15, 0.2) is 36.0 Å². The third kappa shape index (κ3) is 4.91. The summed E-state index contributed by atoms with van der Waals surface area (Å²) in [7, 11) is 1.33. The minimum atomic E-state index is -4.63. The van der Waals surface area contributed by atoms with Crippen LogP contribution in [0.4, 0.5) is 13.2 Å². The third-order valence-corrected chi connectivity index (χ3v) is 4.25. The number of methoxy groups -OCH3 is 1. The summed E-state index contributed by atoms with van der Waals surface area (Å²) in [6.45, 7) is 2.80. The zero-order chi connectivity index (χ0) is 23.0.